The highest BCUT2D eigenvalue weighted by atomic mass is 16.6. The van der Waals surface area contributed by atoms with E-state index in [9.17, 15) is 14.4 Å². The molecule has 0 N–H and O–H groups in total. The third kappa shape index (κ3) is 53.0. The summed E-state index contributed by atoms with van der Waals surface area (Å²) in [7, 11) is 0. The molecular formula is C62H102O6. The van der Waals surface area contributed by atoms with Gasteiger partial charge in [0, 0.05) is 19.3 Å². The van der Waals surface area contributed by atoms with E-state index in [-0.39, 0.29) is 31.1 Å². The van der Waals surface area contributed by atoms with E-state index in [1.807, 2.05) is 0 Å². The lowest BCUT2D eigenvalue weighted by Gasteiger charge is -2.18. The van der Waals surface area contributed by atoms with Crippen LogP contribution in [0.4, 0.5) is 0 Å². The fourth-order valence-corrected chi connectivity index (χ4v) is 7.33. The smallest absolute Gasteiger partial charge is 0.306 e. The van der Waals surface area contributed by atoms with Crippen LogP contribution in [0.15, 0.2) is 109 Å². The second-order valence-corrected chi connectivity index (χ2v) is 18.1. The second-order valence-electron chi connectivity index (χ2n) is 18.1. The molecule has 0 aliphatic heterocycles. The molecule has 0 heterocycles. The van der Waals surface area contributed by atoms with Gasteiger partial charge in [0.15, 0.2) is 6.10 Å². The maximum atomic E-state index is 12.8. The van der Waals surface area contributed by atoms with Gasteiger partial charge in [-0.25, -0.2) is 0 Å². The largest absolute Gasteiger partial charge is 0.462 e. The topological polar surface area (TPSA) is 78.9 Å². The van der Waals surface area contributed by atoms with E-state index in [2.05, 4.69) is 130 Å². The summed E-state index contributed by atoms with van der Waals surface area (Å²) in [4.78, 5) is 37.9. The molecule has 0 bridgehead atoms. The quantitative estimate of drug-likeness (QED) is 0.0262. The Morgan fingerprint density at radius 3 is 0.897 bits per heavy atom. The maximum Gasteiger partial charge on any atom is 0.306 e. The Labute approximate surface area is 419 Å². The molecule has 0 aliphatic rings. The van der Waals surface area contributed by atoms with E-state index in [1.54, 1.807) is 0 Å². The van der Waals surface area contributed by atoms with Crippen molar-refractivity contribution in [3.8, 4) is 0 Å². The van der Waals surface area contributed by atoms with Gasteiger partial charge in [-0.05, 0) is 109 Å². The molecule has 0 amide bonds. The number of allylic oxidation sites excluding steroid dienone is 18. The molecule has 0 radical (unpaired) electrons. The van der Waals surface area contributed by atoms with Crippen LogP contribution in [0.2, 0.25) is 0 Å². The Bertz CT molecular complexity index is 1410. The molecule has 0 aromatic rings. The summed E-state index contributed by atoms with van der Waals surface area (Å²) in [6, 6.07) is 0. The number of unbranched alkanes of at least 4 members (excludes halogenated alkanes) is 20. The highest BCUT2D eigenvalue weighted by Crippen LogP contribution is 2.13. The molecule has 0 fully saturated rings. The molecule has 0 rings (SSSR count). The van der Waals surface area contributed by atoms with Crippen LogP contribution in [0.5, 0.6) is 0 Å². The van der Waals surface area contributed by atoms with Crippen molar-refractivity contribution in [2.75, 3.05) is 13.2 Å². The molecule has 0 aromatic carbocycles. The van der Waals surface area contributed by atoms with Crippen molar-refractivity contribution in [2.45, 2.75) is 252 Å². The lowest BCUT2D eigenvalue weighted by Crippen LogP contribution is -2.30. The summed E-state index contributed by atoms with van der Waals surface area (Å²) in [5.74, 6) is -0.945. The number of ether oxygens (including phenoxy) is 3. The molecule has 6 heteroatoms. The van der Waals surface area contributed by atoms with Gasteiger partial charge in [0.2, 0.25) is 0 Å². The van der Waals surface area contributed by atoms with Gasteiger partial charge in [0.05, 0.1) is 0 Å². The van der Waals surface area contributed by atoms with Crippen LogP contribution in [-0.4, -0.2) is 37.2 Å². The van der Waals surface area contributed by atoms with Crippen LogP contribution in [-0.2, 0) is 28.6 Å². The third-order valence-corrected chi connectivity index (χ3v) is 11.5. The zero-order chi connectivity index (χ0) is 49.3. The summed E-state index contributed by atoms with van der Waals surface area (Å²) in [5, 5.41) is 0. The first-order valence-corrected chi connectivity index (χ1v) is 27.9. The Morgan fingerprint density at radius 1 is 0.309 bits per heavy atom. The van der Waals surface area contributed by atoms with E-state index in [1.165, 1.54) is 70.6 Å². The van der Waals surface area contributed by atoms with Gasteiger partial charge >= 0.3 is 17.9 Å². The summed E-state index contributed by atoms with van der Waals surface area (Å²) in [5.41, 5.74) is 0. The number of hydrogen-bond acceptors (Lipinski definition) is 6. The summed E-state index contributed by atoms with van der Waals surface area (Å²) >= 11 is 0. The van der Waals surface area contributed by atoms with E-state index < -0.39 is 6.10 Å². The van der Waals surface area contributed by atoms with E-state index >= 15 is 0 Å². The predicted molar refractivity (Wildman–Crippen MR) is 293 cm³/mol. The standard InChI is InChI=1S/C62H102O6/c1-4-7-10-13-16-18-20-22-24-26-28-30-31-33-34-36-38-40-42-44-46-49-52-55-61(64)67-58-59(57-66-60(63)54-51-48-15-12-9-6-3)68-62(65)56-53-50-47-45-43-41-39-37-35-32-29-27-25-23-21-19-17-14-11-8-5-2/h7,10,16,18,21-24,27-30,33-35,37-38,40,59H,4-6,8-9,11-15,17,19-20,25-26,31-32,36,39,41-58H2,1-3H3/b10-7-,18-16-,23-21-,24-22-,29-27-,30-28-,34-33-,37-35-,40-38-. The van der Waals surface area contributed by atoms with Gasteiger partial charge in [-0.2, -0.15) is 0 Å². The number of hydrogen-bond donors (Lipinski definition) is 0. The SMILES string of the molecule is CC/C=C\C/C=C\C/C=C\C/C=C\C/C=C\C/C=C\CCCCCCC(=O)OCC(COC(=O)CCCCCCCC)OC(=O)CCCCCCCC/C=C\C/C=C\C/C=C\CCCCCCC. The minimum atomic E-state index is -0.795. The molecule has 0 spiro atoms. The van der Waals surface area contributed by atoms with Gasteiger partial charge in [-0.1, -0.05) is 226 Å². The first kappa shape index (κ1) is 64.1. The Kier molecular flexibility index (Phi) is 52.4. The first-order chi connectivity index (χ1) is 33.5. The summed E-state index contributed by atoms with van der Waals surface area (Å²) in [6.45, 7) is 6.41. The van der Waals surface area contributed by atoms with Crippen molar-refractivity contribution < 1.29 is 28.6 Å². The lowest BCUT2D eigenvalue weighted by atomic mass is 10.1. The van der Waals surface area contributed by atoms with Gasteiger partial charge in [-0.3, -0.25) is 14.4 Å². The maximum absolute atomic E-state index is 12.8. The Morgan fingerprint density at radius 2 is 0.574 bits per heavy atom. The zero-order valence-electron chi connectivity index (χ0n) is 44.1. The number of carbonyl (C=O) groups excluding carboxylic acids is 3. The normalized spacial score (nSPS) is 12.9. The highest BCUT2D eigenvalue weighted by molar-refractivity contribution is 5.71. The lowest BCUT2D eigenvalue weighted by molar-refractivity contribution is -0.167. The Hall–Kier alpha value is -3.93. The van der Waals surface area contributed by atoms with Gasteiger partial charge < -0.3 is 14.2 Å². The van der Waals surface area contributed by atoms with Crippen molar-refractivity contribution in [1.29, 1.82) is 0 Å². The molecule has 0 saturated carbocycles. The predicted octanol–water partition coefficient (Wildman–Crippen LogP) is 18.7. The molecule has 1 unspecified atom stereocenters. The van der Waals surface area contributed by atoms with Gasteiger partial charge in [-0.15, -0.1) is 0 Å². The average molecular weight is 943 g/mol. The van der Waals surface area contributed by atoms with Crippen LogP contribution in [0.3, 0.4) is 0 Å². The van der Waals surface area contributed by atoms with Crippen LogP contribution >= 0.6 is 0 Å². The van der Waals surface area contributed by atoms with Crippen LogP contribution < -0.4 is 0 Å². The van der Waals surface area contributed by atoms with Crippen molar-refractivity contribution in [3.05, 3.63) is 109 Å². The number of esters is 3. The van der Waals surface area contributed by atoms with E-state index in [4.69, 9.17) is 14.2 Å². The van der Waals surface area contributed by atoms with Crippen LogP contribution in [0, 0.1) is 0 Å². The molecule has 1 atom stereocenters. The van der Waals surface area contributed by atoms with Crippen molar-refractivity contribution in [3.63, 3.8) is 0 Å². The average Bonchev–Trinajstić information content (AvgIpc) is 3.34. The minimum absolute atomic E-state index is 0.0936. The van der Waals surface area contributed by atoms with E-state index in [0.717, 1.165) is 135 Å². The van der Waals surface area contributed by atoms with Gasteiger partial charge in [0.25, 0.3) is 0 Å². The first-order valence-electron chi connectivity index (χ1n) is 27.9. The fourth-order valence-electron chi connectivity index (χ4n) is 7.33. The Balaban J connectivity index is 4.28. The summed E-state index contributed by atoms with van der Waals surface area (Å²) < 4.78 is 16.7. The highest BCUT2D eigenvalue weighted by Gasteiger charge is 2.19. The van der Waals surface area contributed by atoms with Crippen LogP contribution in [0.25, 0.3) is 0 Å². The molecule has 6 nitrogen and oxygen atoms in total. The molecular weight excluding hydrogens is 841 g/mol. The molecule has 386 valence electrons. The van der Waals surface area contributed by atoms with E-state index in [0.29, 0.717) is 19.3 Å². The fraction of sp³-hybridized carbons (Fsp3) is 0.661. The number of rotatable bonds is 49. The van der Waals surface area contributed by atoms with Crippen molar-refractivity contribution in [1.82, 2.24) is 0 Å². The van der Waals surface area contributed by atoms with Crippen LogP contribution in [0.1, 0.15) is 245 Å². The minimum Gasteiger partial charge on any atom is -0.462 e. The zero-order valence-corrected chi connectivity index (χ0v) is 44.1. The van der Waals surface area contributed by atoms with Crippen molar-refractivity contribution in [2.24, 2.45) is 0 Å². The summed E-state index contributed by atoms with van der Waals surface area (Å²) in [6.07, 6.45) is 75.3. The molecule has 68 heavy (non-hydrogen) atoms. The van der Waals surface area contributed by atoms with Crippen molar-refractivity contribution >= 4 is 17.9 Å². The monoisotopic (exact) mass is 943 g/mol. The van der Waals surface area contributed by atoms with Gasteiger partial charge in [0.1, 0.15) is 13.2 Å². The second kappa shape index (κ2) is 55.7. The molecule has 0 aromatic heterocycles. The molecule has 0 aliphatic carbocycles. The third-order valence-electron chi connectivity index (χ3n) is 11.5. The number of carbonyl (C=O) groups is 3. The molecule has 0 saturated heterocycles.